The van der Waals surface area contributed by atoms with E-state index >= 15 is 0 Å². The Labute approximate surface area is 175 Å². The lowest BCUT2D eigenvalue weighted by Gasteiger charge is -2.26. The van der Waals surface area contributed by atoms with Gasteiger partial charge in [-0.25, -0.2) is 0 Å². The standard InChI is InChI=1S/C19H26Cl2N2O3S/c1-26-19(25)14-27-11-6-18(24)23(10-9-22-7-2-3-8-22)13-15-4-5-16(20)17(21)12-15/h4-5,12H,2-3,6-11,13-14H2,1H3. The maximum absolute atomic E-state index is 12.7. The van der Waals surface area contributed by atoms with Crippen LogP contribution in [0.5, 0.6) is 0 Å². The van der Waals surface area contributed by atoms with E-state index < -0.39 is 0 Å². The lowest BCUT2D eigenvalue weighted by Crippen LogP contribution is -2.37. The van der Waals surface area contributed by atoms with Gasteiger partial charge in [-0.15, -0.1) is 11.8 Å². The van der Waals surface area contributed by atoms with Crippen molar-refractivity contribution in [2.75, 3.05) is 44.8 Å². The van der Waals surface area contributed by atoms with E-state index in [1.165, 1.54) is 31.7 Å². The third-order valence-electron chi connectivity index (χ3n) is 4.50. The van der Waals surface area contributed by atoms with E-state index in [9.17, 15) is 9.59 Å². The Bertz CT molecular complexity index is 639. The quantitative estimate of drug-likeness (QED) is 0.416. The predicted octanol–water partition coefficient (Wildman–Crippen LogP) is 3.71. The Morgan fingerprint density at radius 1 is 1.22 bits per heavy atom. The summed E-state index contributed by atoms with van der Waals surface area (Å²) in [4.78, 5) is 28.2. The fraction of sp³-hybridized carbons (Fsp3) is 0.579. The van der Waals surface area contributed by atoms with Gasteiger partial charge in [-0.3, -0.25) is 9.59 Å². The minimum Gasteiger partial charge on any atom is -0.468 e. The number of carbonyl (C=O) groups is 2. The highest BCUT2D eigenvalue weighted by Crippen LogP contribution is 2.23. The first-order valence-electron chi connectivity index (χ1n) is 9.08. The summed E-state index contributed by atoms with van der Waals surface area (Å²) in [5.41, 5.74) is 0.960. The number of nitrogens with zero attached hydrogens (tertiary/aromatic N) is 2. The van der Waals surface area contributed by atoms with Gasteiger partial charge in [0.2, 0.25) is 5.91 Å². The molecule has 0 radical (unpaired) electrons. The minimum atomic E-state index is -0.269. The molecule has 0 N–H and O–H groups in total. The first-order chi connectivity index (χ1) is 13.0. The molecule has 0 bridgehead atoms. The van der Waals surface area contributed by atoms with Gasteiger partial charge in [-0.05, 0) is 43.6 Å². The number of esters is 1. The van der Waals surface area contributed by atoms with Crippen LogP contribution < -0.4 is 0 Å². The smallest absolute Gasteiger partial charge is 0.315 e. The van der Waals surface area contributed by atoms with Gasteiger partial charge >= 0.3 is 5.97 Å². The van der Waals surface area contributed by atoms with Crippen LogP contribution in [0.25, 0.3) is 0 Å². The van der Waals surface area contributed by atoms with Gasteiger partial charge < -0.3 is 14.5 Å². The van der Waals surface area contributed by atoms with E-state index in [0.717, 1.165) is 25.2 Å². The van der Waals surface area contributed by atoms with Crippen LogP contribution in [0.2, 0.25) is 10.0 Å². The second kappa shape index (κ2) is 11.8. The molecule has 1 aromatic carbocycles. The number of benzene rings is 1. The van der Waals surface area contributed by atoms with E-state index in [-0.39, 0.29) is 17.6 Å². The van der Waals surface area contributed by atoms with Crippen LogP contribution in [-0.2, 0) is 20.9 Å². The van der Waals surface area contributed by atoms with Crippen molar-refractivity contribution in [3.8, 4) is 0 Å². The van der Waals surface area contributed by atoms with Gasteiger partial charge in [0.1, 0.15) is 0 Å². The van der Waals surface area contributed by atoms with Crippen molar-refractivity contribution in [3.63, 3.8) is 0 Å². The summed E-state index contributed by atoms with van der Waals surface area (Å²) in [6, 6.07) is 5.47. The Morgan fingerprint density at radius 3 is 2.63 bits per heavy atom. The average Bonchev–Trinajstić information content (AvgIpc) is 3.18. The van der Waals surface area contributed by atoms with E-state index in [2.05, 4.69) is 9.64 Å². The maximum Gasteiger partial charge on any atom is 0.315 e. The molecule has 0 saturated carbocycles. The molecule has 0 aliphatic carbocycles. The van der Waals surface area contributed by atoms with Crippen molar-refractivity contribution in [2.45, 2.75) is 25.8 Å². The lowest BCUT2D eigenvalue weighted by atomic mass is 10.2. The van der Waals surface area contributed by atoms with Crippen molar-refractivity contribution in [1.82, 2.24) is 9.80 Å². The zero-order valence-corrected chi connectivity index (χ0v) is 17.9. The van der Waals surface area contributed by atoms with E-state index in [0.29, 0.717) is 35.3 Å². The Morgan fingerprint density at radius 2 is 1.96 bits per heavy atom. The van der Waals surface area contributed by atoms with Crippen LogP contribution >= 0.6 is 35.0 Å². The zero-order valence-electron chi connectivity index (χ0n) is 15.6. The van der Waals surface area contributed by atoms with Gasteiger partial charge in [0.05, 0.1) is 22.9 Å². The molecule has 0 unspecified atom stereocenters. The summed E-state index contributed by atoms with van der Waals surface area (Å²) < 4.78 is 4.62. The second-order valence-corrected chi connectivity index (χ2v) is 8.41. The molecule has 1 amide bonds. The largest absolute Gasteiger partial charge is 0.468 e. The summed E-state index contributed by atoms with van der Waals surface area (Å²) in [7, 11) is 1.37. The van der Waals surface area contributed by atoms with Gasteiger partial charge in [-0.2, -0.15) is 0 Å². The zero-order chi connectivity index (χ0) is 19.6. The summed E-state index contributed by atoms with van der Waals surface area (Å²) in [6.07, 6.45) is 2.85. The van der Waals surface area contributed by atoms with E-state index in [4.69, 9.17) is 23.2 Å². The Hall–Kier alpha value is -0.950. The predicted molar refractivity (Wildman–Crippen MR) is 112 cm³/mol. The number of ether oxygens (including phenoxy) is 1. The van der Waals surface area contributed by atoms with Gasteiger partial charge in [0.25, 0.3) is 0 Å². The van der Waals surface area contributed by atoms with Crippen molar-refractivity contribution in [2.24, 2.45) is 0 Å². The number of rotatable bonds is 10. The lowest BCUT2D eigenvalue weighted by molar-refractivity contribution is -0.137. The fourth-order valence-corrected chi connectivity index (χ4v) is 4.02. The van der Waals surface area contributed by atoms with Crippen molar-refractivity contribution < 1.29 is 14.3 Å². The average molecular weight is 433 g/mol. The first-order valence-corrected chi connectivity index (χ1v) is 11.0. The SMILES string of the molecule is COC(=O)CSCCC(=O)N(CCN1CCCC1)Cc1ccc(Cl)c(Cl)c1. The Balaban J connectivity index is 1.91. The number of halogens is 2. The molecule has 1 saturated heterocycles. The highest BCUT2D eigenvalue weighted by molar-refractivity contribution is 7.99. The van der Waals surface area contributed by atoms with Crippen LogP contribution in [0, 0.1) is 0 Å². The van der Waals surface area contributed by atoms with Crippen LogP contribution in [0.3, 0.4) is 0 Å². The summed E-state index contributed by atoms with van der Waals surface area (Å²) in [5.74, 6) is 0.673. The molecule has 27 heavy (non-hydrogen) atoms. The van der Waals surface area contributed by atoms with Gasteiger partial charge in [0, 0.05) is 31.8 Å². The molecular formula is C19H26Cl2N2O3S. The summed E-state index contributed by atoms with van der Waals surface area (Å²) >= 11 is 13.5. The number of methoxy groups -OCH3 is 1. The molecule has 1 aliphatic rings. The number of likely N-dealkylation sites (tertiary alicyclic amines) is 1. The number of amides is 1. The van der Waals surface area contributed by atoms with Crippen LogP contribution in [0.15, 0.2) is 18.2 Å². The summed E-state index contributed by atoms with van der Waals surface area (Å²) in [5, 5.41) is 1.00. The number of hydrogen-bond donors (Lipinski definition) is 0. The summed E-state index contributed by atoms with van der Waals surface area (Å²) in [6.45, 7) is 4.27. The van der Waals surface area contributed by atoms with Crippen molar-refractivity contribution in [1.29, 1.82) is 0 Å². The molecule has 1 aliphatic heterocycles. The molecule has 0 aromatic heterocycles. The fourth-order valence-electron chi connectivity index (χ4n) is 2.95. The molecule has 0 spiro atoms. The van der Waals surface area contributed by atoms with Crippen LogP contribution in [-0.4, -0.2) is 66.5 Å². The molecular weight excluding hydrogens is 407 g/mol. The molecule has 1 heterocycles. The Kier molecular flexibility index (Phi) is 9.76. The van der Waals surface area contributed by atoms with Gasteiger partial charge in [0.15, 0.2) is 0 Å². The van der Waals surface area contributed by atoms with Crippen LogP contribution in [0.4, 0.5) is 0 Å². The molecule has 0 atom stereocenters. The van der Waals surface area contributed by atoms with Crippen molar-refractivity contribution >= 4 is 46.8 Å². The van der Waals surface area contributed by atoms with E-state index in [1.54, 1.807) is 6.07 Å². The number of thioether (sulfide) groups is 1. The topological polar surface area (TPSA) is 49.9 Å². The number of carbonyl (C=O) groups excluding carboxylic acids is 2. The van der Waals surface area contributed by atoms with Crippen molar-refractivity contribution in [3.05, 3.63) is 33.8 Å². The molecule has 5 nitrogen and oxygen atoms in total. The van der Waals surface area contributed by atoms with Crippen LogP contribution in [0.1, 0.15) is 24.8 Å². The highest BCUT2D eigenvalue weighted by atomic mass is 35.5. The molecule has 8 heteroatoms. The minimum absolute atomic E-state index is 0.0811. The first kappa shape index (κ1) is 22.3. The molecule has 150 valence electrons. The highest BCUT2D eigenvalue weighted by Gasteiger charge is 2.18. The molecule has 1 fully saturated rings. The second-order valence-electron chi connectivity index (χ2n) is 6.49. The van der Waals surface area contributed by atoms with E-state index in [1.807, 2.05) is 17.0 Å². The third-order valence-corrected chi connectivity index (χ3v) is 6.17. The third kappa shape index (κ3) is 7.90. The normalized spacial score (nSPS) is 14.3. The monoisotopic (exact) mass is 432 g/mol. The number of hydrogen-bond acceptors (Lipinski definition) is 5. The molecule has 1 aromatic rings. The van der Waals surface area contributed by atoms with Gasteiger partial charge in [-0.1, -0.05) is 29.3 Å². The molecule has 2 rings (SSSR count). The maximum atomic E-state index is 12.7.